The Morgan fingerprint density at radius 2 is 1.79 bits per heavy atom. The molecule has 0 radical (unpaired) electrons. The van der Waals surface area contributed by atoms with Gasteiger partial charge in [-0.2, -0.15) is 0 Å². The van der Waals surface area contributed by atoms with E-state index in [0.29, 0.717) is 13.2 Å². The standard InChI is InChI=1S/C15H24N2O2/c1-15(2,14(18)16-3)11-17-9-12-5-7-13(8-6-12)10-19-4/h5-8,17H,9-11H2,1-4H3,(H,16,18). The first-order valence-corrected chi connectivity index (χ1v) is 6.49. The van der Waals surface area contributed by atoms with Crippen LogP contribution in [0.1, 0.15) is 25.0 Å². The molecule has 106 valence electrons. The SMILES string of the molecule is CNC(=O)C(C)(C)CNCc1ccc(COC)cc1. The first kappa shape index (κ1) is 15.7. The summed E-state index contributed by atoms with van der Waals surface area (Å²) in [6.07, 6.45) is 0. The molecule has 0 fully saturated rings. The molecule has 0 aromatic heterocycles. The van der Waals surface area contributed by atoms with E-state index >= 15 is 0 Å². The molecule has 19 heavy (non-hydrogen) atoms. The van der Waals surface area contributed by atoms with Gasteiger partial charge in [0.25, 0.3) is 0 Å². The molecule has 0 bridgehead atoms. The Morgan fingerprint density at radius 3 is 2.32 bits per heavy atom. The van der Waals surface area contributed by atoms with E-state index in [9.17, 15) is 4.79 Å². The largest absolute Gasteiger partial charge is 0.380 e. The number of methoxy groups -OCH3 is 1. The lowest BCUT2D eigenvalue weighted by Crippen LogP contribution is -2.41. The van der Waals surface area contributed by atoms with Crippen LogP contribution in [0.5, 0.6) is 0 Å². The molecule has 0 atom stereocenters. The molecule has 1 rings (SSSR count). The third kappa shape index (κ3) is 5.01. The summed E-state index contributed by atoms with van der Waals surface area (Å²) in [4.78, 5) is 11.6. The minimum atomic E-state index is -0.398. The van der Waals surface area contributed by atoms with E-state index < -0.39 is 5.41 Å². The first-order valence-electron chi connectivity index (χ1n) is 6.49. The molecule has 0 spiro atoms. The second kappa shape index (κ2) is 7.26. The number of benzene rings is 1. The van der Waals surface area contributed by atoms with Crippen LogP contribution in [0, 0.1) is 5.41 Å². The van der Waals surface area contributed by atoms with Crippen LogP contribution in [0.15, 0.2) is 24.3 Å². The van der Waals surface area contributed by atoms with Crippen molar-refractivity contribution < 1.29 is 9.53 Å². The van der Waals surface area contributed by atoms with E-state index in [1.165, 1.54) is 5.56 Å². The number of carbonyl (C=O) groups excluding carboxylic acids is 1. The Bertz CT molecular complexity index is 399. The van der Waals surface area contributed by atoms with Crippen molar-refractivity contribution in [3.8, 4) is 0 Å². The van der Waals surface area contributed by atoms with E-state index in [0.717, 1.165) is 12.1 Å². The molecule has 0 saturated heterocycles. The van der Waals surface area contributed by atoms with Gasteiger partial charge in [-0.15, -0.1) is 0 Å². The lowest BCUT2D eigenvalue weighted by Gasteiger charge is -2.23. The van der Waals surface area contributed by atoms with Crippen LogP contribution in [0.2, 0.25) is 0 Å². The average Bonchev–Trinajstić information content (AvgIpc) is 2.40. The van der Waals surface area contributed by atoms with Crippen LogP contribution >= 0.6 is 0 Å². The number of nitrogens with one attached hydrogen (secondary N) is 2. The molecule has 0 saturated carbocycles. The topological polar surface area (TPSA) is 50.4 Å². The highest BCUT2D eigenvalue weighted by Gasteiger charge is 2.25. The molecule has 4 heteroatoms. The highest BCUT2D eigenvalue weighted by molar-refractivity contribution is 5.81. The van der Waals surface area contributed by atoms with Gasteiger partial charge in [0.2, 0.25) is 5.91 Å². The van der Waals surface area contributed by atoms with Crippen molar-refractivity contribution in [2.45, 2.75) is 27.0 Å². The minimum absolute atomic E-state index is 0.0513. The summed E-state index contributed by atoms with van der Waals surface area (Å²) in [5, 5.41) is 6.00. The van der Waals surface area contributed by atoms with E-state index in [1.54, 1.807) is 14.2 Å². The molecule has 0 aliphatic heterocycles. The number of carbonyl (C=O) groups is 1. The fourth-order valence-corrected chi connectivity index (χ4v) is 1.86. The molecule has 4 nitrogen and oxygen atoms in total. The summed E-state index contributed by atoms with van der Waals surface area (Å²) in [5.74, 6) is 0.0513. The molecular formula is C15H24N2O2. The summed E-state index contributed by atoms with van der Waals surface area (Å²) in [6, 6.07) is 8.28. The molecule has 0 heterocycles. The normalized spacial score (nSPS) is 11.4. The van der Waals surface area contributed by atoms with Gasteiger partial charge < -0.3 is 15.4 Å². The highest BCUT2D eigenvalue weighted by atomic mass is 16.5. The number of hydrogen-bond acceptors (Lipinski definition) is 3. The maximum atomic E-state index is 11.6. The van der Waals surface area contributed by atoms with Crippen LogP contribution in [-0.4, -0.2) is 26.6 Å². The smallest absolute Gasteiger partial charge is 0.226 e. The van der Waals surface area contributed by atoms with Crippen LogP contribution in [0.4, 0.5) is 0 Å². The lowest BCUT2D eigenvalue weighted by molar-refractivity contribution is -0.128. The van der Waals surface area contributed by atoms with Crippen molar-refractivity contribution in [2.75, 3.05) is 20.7 Å². The highest BCUT2D eigenvalue weighted by Crippen LogP contribution is 2.13. The van der Waals surface area contributed by atoms with Gasteiger partial charge in [0.05, 0.1) is 12.0 Å². The predicted molar refractivity (Wildman–Crippen MR) is 76.7 cm³/mol. The van der Waals surface area contributed by atoms with Gasteiger partial charge in [-0.25, -0.2) is 0 Å². The number of amides is 1. The minimum Gasteiger partial charge on any atom is -0.380 e. The Balaban J connectivity index is 2.42. The zero-order chi connectivity index (χ0) is 14.3. The van der Waals surface area contributed by atoms with Gasteiger partial charge in [-0.1, -0.05) is 24.3 Å². The molecule has 0 aliphatic carbocycles. The average molecular weight is 264 g/mol. The molecule has 0 unspecified atom stereocenters. The van der Waals surface area contributed by atoms with Crippen molar-refractivity contribution in [1.29, 1.82) is 0 Å². The maximum absolute atomic E-state index is 11.6. The van der Waals surface area contributed by atoms with Crippen LogP contribution in [0.3, 0.4) is 0 Å². The fourth-order valence-electron chi connectivity index (χ4n) is 1.86. The van der Waals surface area contributed by atoms with Gasteiger partial charge in [0, 0.05) is 27.2 Å². The predicted octanol–water partition coefficient (Wildman–Crippen LogP) is 1.69. The van der Waals surface area contributed by atoms with Gasteiger partial charge >= 0.3 is 0 Å². The van der Waals surface area contributed by atoms with Gasteiger partial charge in [-0.05, 0) is 25.0 Å². The van der Waals surface area contributed by atoms with Crippen molar-refractivity contribution in [1.82, 2.24) is 10.6 Å². The van der Waals surface area contributed by atoms with Crippen LogP contribution < -0.4 is 10.6 Å². The molecule has 2 N–H and O–H groups in total. The van der Waals surface area contributed by atoms with Crippen molar-refractivity contribution in [2.24, 2.45) is 5.41 Å². The number of ether oxygens (including phenoxy) is 1. The summed E-state index contributed by atoms with van der Waals surface area (Å²) < 4.78 is 5.07. The zero-order valence-electron chi connectivity index (χ0n) is 12.2. The van der Waals surface area contributed by atoms with Crippen LogP contribution in [0.25, 0.3) is 0 Å². The van der Waals surface area contributed by atoms with Crippen molar-refractivity contribution in [3.05, 3.63) is 35.4 Å². The number of rotatable bonds is 7. The van der Waals surface area contributed by atoms with Crippen molar-refractivity contribution >= 4 is 5.91 Å². The number of hydrogen-bond donors (Lipinski definition) is 2. The molecular weight excluding hydrogens is 240 g/mol. The van der Waals surface area contributed by atoms with E-state index in [-0.39, 0.29) is 5.91 Å². The third-order valence-corrected chi connectivity index (χ3v) is 3.07. The van der Waals surface area contributed by atoms with Gasteiger partial charge in [0.1, 0.15) is 0 Å². The van der Waals surface area contributed by atoms with Gasteiger partial charge in [-0.3, -0.25) is 4.79 Å². The van der Waals surface area contributed by atoms with Gasteiger partial charge in [0.15, 0.2) is 0 Å². The van der Waals surface area contributed by atoms with E-state index in [2.05, 4.69) is 34.9 Å². The third-order valence-electron chi connectivity index (χ3n) is 3.07. The first-order chi connectivity index (χ1) is 8.99. The lowest BCUT2D eigenvalue weighted by atomic mass is 9.92. The molecule has 1 amide bonds. The summed E-state index contributed by atoms with van der Waals surface area (Å²) in [7, 11) is 3.36. The molecule has 0 aliphatic rings. The fraction of sp³-hybridized carbons (Fsp3) is 0.533. The van der Waals surface area contributed by atoms with E-state index in [4.69, 9.17) is 4.74 Å². The molecule has 1 aromatic carbocycles. The monoisotopic (exact) mass is 264 g/mol. The van der Waals surface area contributed by atoms with Crippen LogP contribution in [-0.2, 0) is 22.7 Å². The Hall–Kier alpha value is -1.39. The van der Waals surface area contributed by atoms with Crippen molar-refractivity contribution in [3.63, 3.8) is 0 Å². The zero-order valence-corrected chi connectivity index (χ0v) is 12.2. The molecule has 1 aromatic rings. The second-order valence-corrected chi connectivity index (χ2v) is 5.32. The van der Waals surface area contributed by atoms with E-state index in [1.807, 2.05) is 13.8 Å². The Labute approximate surface area is 115 Å². The Morgan fingerprint density at radius 1 is 1.21 bits per heavy atom. The summed E-state index contributed by atoms with van der Waals surface area (Å²) >= 11 is 0. The second-order valence-electron chi connectivity index (χ2n) is 5.32. The summed E-state index contributed by atoms with van der Waals surface area (Å²) in [5.41, 5.74) is 1.97. The Kier molecular flexibility index (Phi) is 5.99. The summed E-state index contributed by atoms with van der Waals surface area (Å²) in [6.45, 7) is 5.90. The quantitative estimate of drug-likeness (QED) is 0.788. The maximum Gasteiger partial charge on any atom is 0.226 e.